The fourth-order valence-electron chi connectivity index (χ4n) is 12.4. The van der Waals surface area contributed by atoms with Crippen molar-refractivity contribution in [1.82, 2.24) is 0 Å². The zero-order valence-corrected chi connectivity index (χ0v) is 43.8. The summed E-state index contributed by atoms with van der Waals surface area (Å²) in [5.41, 5.74) is 22.7. The van der Waals surface area contributed by atoms with E-state index in [4.69, 9.17) is 8.83 Å². The molecule has 79 heavy (non-hydrogen) atoms. The first-order valence-corrected chi connectivity index (χ1v) is 27.1. The summed E-state index contributed by atoms with van der Waals surface area (Å²) in [6.45, 7) is 4.81. The van der Waals surface area contributed by atoms with Crippen LogP contribution in [0.25, 0.3) is 99.5 Å². The van der Waals surface area contributed by atoms with Crippen molar-refractivity contribution in [2.24, 2.45) is 0 Å². The van der Waals surface area contributed by atoms with Crippen LogP contribution in [0.1, 0.15) is 25.0 Å². The van der Waals surface area contributed by atoms with Crippen LogP contribution in [0.3, 0.4) is 0 Å². The van der Waals surface area contributed by atoms with Gasteiger partial charge in [-0.1, -0.05) is 208 Å². The van der Waals surface area contributed by atoms with Gasteiger partial charge in [-0.05, 0) is 152 Å². The van der Waals surface area contributed by atoms with E-state index in [1.165, 1.54) is 22.3 Å². The maximum Gasteiger partial charge on any atom is 0.160 e. The lowest BCUT2D eigenvalue weighted by Crippen LogP contribution is -2.18. The van der Waals surface area contributed by atoms with E-state index in [2.05, 4.69) is 303 Å². The summed E-state index contributed by atoms with van der Waals surface area (Å²) >= 11 is 0. The number of hydrogen-bond acceptors (Lipinski definition) is 4. The predicted octanol–water partition coefficient (Wildman–Crippen LogP) is 21.4. The van der Waals surface area contributed by atoms with Crippen molar-refractivity contribution >= 4 is 78.0 Å². The predicted molar refractivity (Wildman–Crippen MR) is 330 cm³/mol. The van der Waals surface area contributed by atoms with Crippen molar-refractivity contribution < 1.29 is 8.83 Å². The Morgan fingerprint density at radius 1 is 0.278 bits per heavy atom. The molecule has 14 aromatic rings. The number of fused-ring (bicyclic) bond motifs is 11. The van der Waals surface area contributed by atoms with Crippen molar-refractivity contribution in [3.8, 4) is 55.6 Å². The molecule has 2 aromatic heterocycles. The van der Waals surface area contributed by atoms with Gasteiger partial charge >= 0.3 is 0 Å². The lowest BCUT2D eigenvalue weighted by molar-refractivity contribution is 0.654. The summed E-state index contributed by atoms with van der Waals surface area (Å²) in [6, 6.07) is 100. The first kappa shape index (κ1) is 46.2. The molecule has 0 bridgehead atoms. The van der Waals surface area contributed by atoms with Gasteiger partial charge in [0.15, 0.2) is 11.2 Å². The smallest absolute Gasteiger partial charge is 0.160 e. The molecule has 374 valence electrons. The van der Waals surface area contributed by atoms with Crippen LogP contribution in [0.4, 0.5) is 34.1 Å². The van der Waals surface area contributed by atoms with Gasteiger partial charge in [-0.2, -0.15) is 0 Å². The molecule has 0 saturated carbocycles. The van der Waals surface area contributed by atoms with Crippen LogP contribution in [0.2, 0.25) is 0 Å². The molecule has 0 fully saturated rings. The second kappa shape index (κ2) is 18.5. The third kappa shape index (κ3) is 7.67. The molecule has 2 heterocycles. The zero-order chi connectivity index (χ0) is 52.6. The highest BCUT2D eigenvalue weighted by Gasteiger charge is 2.43. The Morgan fingerprint density at radius 3 is 0.899 bits per heavy atom. The van der Waals surface area contributed by atoms with Crippen molar-refractivity contribution in [3.63, 3.8) is 0 Å². The van der Waals surface area contributed by atoms with Crippen molar-refractivity contribution in [1.29, 1.82) is 0 Å². The third-order valence-corrected chi connectivity index (χ3v) is 16.1. The van der Waals surface area contributed by atoms with Crippen LogP contribution >= 0.6 is 0 Å². The standard InChI is InChI=1S/C75H52N2O2/c1-75(2)63-47-65(76(57-33-17-7-18-34-57)59-43-53(49-25-9-3-10-26-49)41-54(44-59)50-27-11-4-12-28-50)73-69(61-37-21-23-39-67(61)78-73)71(63)72-64(75)48-66(74-70(72)62-38-22-24-40-68(62)79-74)77(58-35-19-8-20-36-58)60-45-55(51-29-13-5-14-30-51)42-56(46-60)52-31-15-6-16-32-52/h3-48H,1-2H3. The van der Waals surface area contributed by atoms with Gasteiger partial charge in [-0.25, -0.2) is 0 Å². The first-order valence-electron chi connectivity index (χ1n) is 27.1. The summed E-state index contributed by atoms with van der Waals surface area (Å²) in [7, 11) is 0. The molecule has 1 aliphatic rings. The van der Waals surface area contributed by atoms with E-state index in [-0.39, 0.29) is 0 Å². The number of nitrogens with zero attached hydrogens (tertiary/aromatic N) is 2. The number of para-hydroxylation sites is 4. The summed E-state index contributed by atoms with van der Waals surface area (Å²) in [5.74, 6) is 0. The molecular weight excluding hydrogens is 961 g/mol. The zero-order valence-electron chi connectivity index (χ0n) is 43.8. The molecule has 0 unspecified atom stereocenters. The van der Waals surface area contributed by atoms with Crippen LogP contribution in [-0.4, -0.2) is 0 Å². The van der Waals surface area contributed by atoms with Crippen LogP contribution in [0.5, 0.6) is 0 Å². The largest absolute Gasteiger partial charge is 0.454 e. The molecule has 0 spiro atoms. The average Bonchev–Trinajstić information content (AvgIpc) is 3.67. The Kier molecular flexibility index (Phi) is 10.8. The maximum atomic E-state index is 7.33. The van der Waals surface area contributed by atoms with E-state index in [1.54, 1.807) is 0 Å². The minimum absolute atomic E-state index is 0.528. The highest BCUT2D eigenvalue weighted by atomic mass is 16.3. The molecule has 0 radical (unpaired) electrons. The third-order valence-electron chi connectivity index (χ3n) is 16.1. The average molecular weight is 1010 g/mol. The van der Waals surface area contributed by atoms with Crippen molar-refractivity contribution in [2.45, 2.75) is 19.3 Å². The molecule has 15 rings (SSSR count). The lowest BCUT2D eigenvalue weighted by atomic mass is 9.81. The van der Waals surface area contributed by atoms with E-state index in [0.29, 0.717) is 0 Å². The molecule has 1 aliphatic carbocycles. The SMILES string of the molecule is CC1(C)c2cc(N(c3ccccc3)c3cc(-c4ccccc4)cc(-c4ccccc4)c3)c3oc4ccccc4c3c2-c2c1cc(N(c1ccccc1)c1cc(-c3ccccc3)cc(-c3ccccc3)c1)c1oc3ccccc3c21. The number of rotatable bonds is 10. The molecule has 0 amide bonds. The number of furan rings is 2. The van der Waals surface area contributed by atoms with Gasteiger partial charge in [0.2, 0.25) is 0 Å². The molecular formula is C75H52N2O2. The topological polar surface area (TPSA) is 32.8 Å². The Morgan fingerprint density at radius 2 is 0.570 bits per heavy atom. The summed E-state index contributed by atoms with van der Waals surface area (Å²) in [5, 5.41) is 4.30. The monoisotopic (exact) mass is 1010 g/mol. The van der Waals surface area contributed by atoms with Gasteiger partial charge in [-0.15, -0.1) is 0 Å². The van der Waals surface area contributed by atoms with E-state index < -0.39 is 5.41 Å². The van der Waals surface area contributed by atoms with Gasteiger partial charge in [-0.3, -0.25) is 0 Å². The molecule has 0 saturated heterocycles. The van der Waals surface area contributed by atoms with Gasteiger partial charge in [0, 0.05) is 49.7 Å². The van der Waals surface area contributed by atoms with E-state index in [0.717, 1.165) is 123 Å². The maximum absolute atomic E-state index is 7.33. The van der Waals surface area contributed by atoms with Crippen LogP contribution in [-0.2, 0) is 5.41 Å². The van der Waals surface area contributed by atoms with Crippen molar-refractivity contribution in [3.05, 3.63) is 290 Å². The van der Waals surface area contributed by atoms with Gasteiger partial charge in [0.25, 0.3) is 0 Å². The normalized spacial score (nSPS) is 12.5. The van der Waals surface area contributed by atoms with E-state index >= 15 is 0 Å². The highest BCUT2D eigenvalue weighted by molar-refractivity contribution is 6.26. The van der Waals surface area contributed by atoms with E-state index in [9.17, 15) is 0 Å². The van der Waals surface area contributed by atoms with Crippen LogP contribution < -0.4 is 9.80 Å². The molecule has 0 atom stereocenters. The fourth-order valence-corrected chi connectivity index (χ4v) is 12.4. The second-order valence-corrected chi connectivity index (χ2v) is 21.2. The van der Waals surface area contributed by atoms with E-state index in [1.807, 2.05) is 0 Å². The quantitative estimate of drug-likeness (QED) is 0.137. The van der Waals surface area contributed by atoms with Crippen molar-refractivity contribution in [2.75, 3.05) is 9.80 Å². The number of benzene rings is 12. The summed E-state index contributed by atoms with van der Waals surface area (Å²) in [6.07, 6.45) is 0. The van der Waals surface area contributed by atoms with Gasteiger partial charge in [0.1, 0.15) is 11.2 Å². The van der Waals surface area contributed by atoms with Crippen LogP contribution in [0.15, 0.2) is 288 Å². The second-order valence-electron chi connectivity index (χ2n) is 21.2. The lowest BCUT2D eigenvalue weighted by Gasteiger charge is -2.30. The summed E-state index contributed by atoms with van der Waals surface area (Å²) < 4.78 is 14.7. The van der Waals surface area contributed by atoms with Gasteiger partial charge in [0.05, 0.1) is 11.4 Å². The number of anilines is 6. The molecule has 0 aliphatic heterocycles. The molecule has 4 heteroatoms. The minimum atomic E-state index is -0.528. The molecule has 12 aromatic carbocycles. The Balaban J connectivity index is 1.03. The Labute approximate surface area is 459 Å². The minimum Gasteiger partial charge on any atom is -0.454 e. The van der Waals surface area contributed by atoms with Crippen LogP contribution in [0, 0.1) is 0 Å². The fraction of sp³-hybridized carbons (Fsp3) is 0.0400. The number of hydrogen-bond donors (Lipinski definition) is 0. The molecule has 4 nitrogen and oxygen atoms in total. The summed E-state index contributed by atoms with van der Waals surface area (Å²) in [4.78, 5) is 4.83. The highest BCUT2D eigenvalue weighted by Crippen LogP contribution is 2.61. The van der Waals surface area contributed by atoms with Gasteiger partial charge < -0.3 is 18.6 Å². The first-order chi connectivity index (χ1) is 38.9. The Hall–Kier alpha value is -10.2. The Bertz CT molecular complexity index is 4190. The molecule has 0 N–H and O–H groups in total.